The van der Waals surface area contributed by atoms with Gasteiger partial charge < -0.3 is 9.73 Å². The van der Waals surface area contributed by atoms with Crippen LogP contribution in [-0.2, 0) is 4.79 Å². The van der Waals surface area contributed by atoms with E-state index in [2.05, 4.69) is 20.5 Å². The second-order valence-electron chi connectivity index (χ2n) is 5.57. The second-order valence-corrected chi connectivity index (χ2v) is 5.57. The number of nitrogens with one attached hydrogen (secondary N) is 1. The highest BCUT2D eigenvalue weighted by Crippen LogP contribution is 2.16. The van der Waals surface area contributed by atoms with Gasteiger partial charge in [0.2, 0.25) is 11.8 Å². The van der Waals surface area contributed by atoms with Crippen molar-refractivity contribution in [2.75, 3.05) is 0 Å². The van der Waals surface area contributed by atoms with Crippen LogP contribution in [0, 0.1) is 0 Å². The van der Waals surface area contributed by atoms with E-state index in [1.807, 2.05) is 60.0 Å². The van der Waals surface area contributed by atoms with Gasteiger partial charge in [-0.15, -0.1) is 10.2 Å². The van der Waals surface area contributed by atoms with Crippen LogP contribution in [0.3, 0.4) is 0 Å². The monoisotopic (exact) mass is 333 g/mol. The van der Waals surface area contributed by atoms with Gasteiger partial charge >= 0.3 is 0 Å². The van der Waals surface area contributed by atoms with Gasteiger partial charge in [0.05, 0.1) is 6.04 Å². The Labute approximate surface area is 143 Å². The van der Waals surface area contributed by atoms with E-state index >= 15 is 0 Å². The number of benzene rings is 1. The van der Waals surface area contributed by atoms with Gasteiger partial charge in [-0.2, -0.15) is 0 Å². The number of rotatable bonds is 4. The Morgan fingerprint density at radius 1 is 1.20 bits per heavy atom. The topological polar surface area (TPSA) is 85.3 Å². The number of aromatic nitrogens is 4. The van der Waals surface area contributed by atoms with Crippen LogP contribution in [0.15, 0.2) is 59.2 Å². The summed E-state index contributed by atoms with van der Waals surface area (Å²) in [7, 11) is 0. The van der Waals surface area contributed by atoms with Crippen molar-refractivity contribution >= 4 is 28.7 Å². The molecule has 0 aliphatic rings. The van der Waals surface area contributed by atoms with Gasteiger partial charge in [0.25, 0.3) is 0 Å². The third kappa shape index (κ3) is 2.99. The molecule has 1 aromatic carbocycles. The molecule has 7 nitrogen and oxygen atoms in total. The number of fused-ring (bicyclic) bond motifs is 2. The van der Waals surface area contributed by atoms with Crippen molar-refractivity contribution in [1.82, 2.24) is 24.9 Å². The molecule has 0 fully saturated rings. The molecule has 124 valence electrons. The first-order chi connectivity index (χ1) is 12.2. The van der Waals surface area contributed by atoms with Gasteiger partial charge in [-0.25, -0.2) is 4.98 Å². The number of para-hydroxylation sites is 2. The zero-order valence-electron chi connectivity index (χ0n) is 13.5. The third-order valence-electron chi connectivity index (χ3n) is 3.77. The maximum absolute atomic E-state index is 12.1. The molecule has 0 bridgehead atoms. The lowest BCUT2D eigenvalue weighted by molar-refractivity contribution is -0.117. The summed E-state index contributed by atoms with van der Waals surface area (Å²) in [6, 6.07) is 12.8. The van der Waals surface area contributed by atoms with Gasteiger partial charge in [-0.3, -0.25) is 9.20 Å². The predicted molar refractivity (Wildman–Crippen MR) is 92.6 cm³/mol. The molecule has 4 rings (SSSR count). The zero-order valence-corrected chi connectivity index (χ0v) is 13.5. The molecule has 1 N–H and O–H groups in total. The highest BCUT2D eigenvalue weighted by atomic mass is 16.3. The Morgan fingerprint density at radius 2 is 2.04 bits per heavy atom. The fraction of sp³-hybridized carbons (Fsp3) is 0.111. The number of carbonyl (C=O) groups is 1. The lowest BCUT2D eigenvalue weighted by atomic mass is 10.3. The molecule has 0 saturated carbocycles. The average Bonchev–Trinajstić information content (AvgIpc) is 3.23. The Bertz CT molecular complexity index is 1050. The summed E-state index contributed by atoms with van der Waals surface area (Å²) in [5.41, 5.74) is 2.18. The zero-order chi connectivity index (χ0) is 17.2. The maximum atomic E-state index is 12.1. The summed E-state index contributed by atoms with van der Waals surface area (Å²) < 4.78 is 7.39. The van der Waals surface area contributed by atoms with Gasteiger partial charge in [0.1, 0.15) is 5.52 Å². The molecule has 25 heavy (non-hydrogen) atoms. The number of pyridine rings is 1. The fourth-order valence-electron chi connectivity index (χ4n) is 2.59. The van der Waals surface area contributed by atoms with E-state index < -0.39 is 0 Å². The van der Waals surface area contributed by atoms with Crippen molar-refractivity contribution in [3.63, 3.8) is 0 Å². The molecule has 3 heterocycles. The molecule has 0 radical (unpaired) electrons. The minimum Gasteiger partial charge on any atom is -0.437 e. The van der Waals surface area contributed by atoms with Crippen LogP contribution in [0.2, 0.25) is 0 Å². The first kappa shape index (κ1) is 15.1. The van der Waals surface area contributed by atoms with Crippen LogP contribution in [0.4, 0.5) is 0 Å². The Kier molecular flexibility index (Phi) is 3.74. The second kappa shape index (κ2) is 6.20. The van der Waals surface area contributed by atoms with E-state index in [1.54, 1.807) is 6.08 Å². The van der Waals surface area contributed by atoms with Gasteiger partial charge in [0, 0.05) is 18.3 Å². The van der Waals surface area contributed by atoms with Gasteiger partial charge in [-0.05, 0) is 31.2 Å². The van der Waals surface area contributed by atoms with Crippen LogP contribution in [0.25, 0.3) is 22.8 Å². The van der Waals surface area contributed by atoms with Crippen molar-refractivity contribution in [1.29, 1.82) is 0 Å². The number of oxazole rings is 1. The normalized spacial score (nSPS) is 12.8. The first-order valence-electron chi connectivity index (χ1n) is 7.84. The van der Waals surface area contributed by atoms with Crippen molar-refractivity contribution in [2.24, 2.45) is 0 Å². The molecule has 0 saturated heterocycles. The molecule has 1 amide bonds. The third-order valence-corrected chi connectivity index (χ3v) is 3.77. The van der Waals surface area contributed by atoms with Crippen LogP contribution in [0.1, 0.15) is 24.7 Å². The maximum Gasteiger partial charge on any atom is 0.244 e. The minimum atomic E-state index is -0.293. The summed E-state index contributed by atoms with van der Waals surface area (Å²) in [6.07, 6.45) is 4.80. The number of hydrogen-bond donors (Lipinski definition) is 1. The van der Waals surface area contributed by atoms with E-state index in [1.165, 1.54) is 6.08 Å². The molecular weight excluding hydrogens is 318 g/mol. The van der Waals surface area contributed by atoms with E-state index in [-0.39, 0.29) is 11.9 Å². The molecule has 0 spiro atoms. The summed E-state index contributed by atoms with van der Waals surface area (Å²) in [5.74, 6) is 0.790. The minimum absolute atomic E-state index is 0.262. The van der Waals surface area contributed by atoms with Crippen molar-refractivity contribution in [3.8, 4) is 0 Å². The number of hydrogen-bond acceptors (Lipinski definition) is 5. The fourth-order valence-corrected chi connectivity index (χ4v) is 2.59. The summed E-state index contributed by atoms with van der Waals surface area (Å²) in [5, 5.41) is 11.1. The van der Waals surface area contributed by atoms with E-state index in [0.29, 0.717) is 17.3 Å². The molecule has 0 aliphatic heterocycles. The van der Waals surface area contributed by atoms with E-state index in [0.717, 1.165) is 11.2 Å². The van der Waals surface area contributed by atoms with E-state index in [4.69, 9.17) is 4.42 Å². The molecular formula is C18H15N5O2. The lowest BCUT2D eigenvalue weighted by Crippen LogP contribution is -2.26. The SMILES string of the molecule is CC(NC(=O)/C=C/c1nc2ccccc2o1)c1nnc2ccccn12. The highest BCUT2D eigenvalue weighted by Gasteiger charge is 2.14. The quantitative estimate of drug-likeness (QED) is 0.580. The standard InChI is InChI=1S/C18H15N5O2/c1-12(18-22-21-15-8-4-5-11-23(15)18)19-16(24)9-10-17-20-13-6-2-3-7-14(13)25-17/h2-12H,1H3,(H,19,24)/b10-9+. The Hall–Kier alpha value is -3.48. The molecule has 7 heteroatoms. The summed E-state index contributed by atoms with van der Waals surface area (Å²) in [4.78, 5) is 16.4. The molecule has 1 unspecified atom stereocenters. The summed E-state index contributed by atoms with van der Waals surface area (Å²) >= 11 is 0. The predicted octanol–water partition coefficient (Wildman–Crippen LogP) is 2.76. The molecule has 4 aromatic rings. The highest BCUT2D eigenvalue weighted by molar-refractivity contribution is 5.91. The summed E-state index contributed by atoms with van der Waals surface area (Å²) in [6.45, 7) is 1.86. The number of nitrogens with zero attached hydrogens (tertiary/aromatic N) is 4. The lowest BCUT2D eigenvalue weighted by Gasteiger charge is -2.10. The van der Waals surface area contributed by atoms with Crippen LogP contribution >= 0.6 is 0 Å². The molecule has 1 atom stereocenters. The van der Waals surface area contributed by atoms with Crippen LogP contribution in [-0.4, -0.2) is 25.5 Å². The largest absolute Gasteiger partial charge is 0.437 e. The Balaban J connectivity index is 1.47. The number of carbonyl (C=O) groups excluding carboxylic acids is 1. The number of amides is 1. The van der Waals surface area contributed by atoms with Gasteiger partial charge in [-0.1, -0.05) is 18.2 Å². The Morgan fingerprint density at radius 3 is 2.92 bits per heavy atom. The average molecular weight is 333 g/mol. The molecule has 3 aromatic heterocycles. The van der Waals surface area contributed by atoms with Crippen LogP contribution in [0.5, 0.6) is 0 Å². The van der Waals surface area contributed by atoms with Crippen LogP contribution < -0.4 is 5.32 Å². The van der Waals surface area contributed by atoms with Crippen molar-refractivity contribution < 1.29 is 9.21 Å². The van der Waals surface area contributed by atoms with Crippen molar-refractivity contribution in [3.05, 3.63) is 66.5 Å². The van der Waals surface area contributed by atoms with Crippen molar-refractivity contribution in [2.45, 2.75) is 13.0 Å². The smallest absolute Gasteiger partial charge is 0.244 e. The first-order valence-corrected chi connectivity index (χ1v) is 7.84. The van der Waals surface area contributed by atoms with Gasteiger partial charge in [0.15, 0.2) is 17.1 Å². The van der Waals surface area contributed by atoms with E-state index in [9.17, 15) is 4.79 Å². The molecule has 0 aliphatic carbocycles.